The van der Waals surface area contributed by atoms with E-state index in [0.717, 1.165) is 38.6 Å². The highest BCUT2D eigenvalue weighted by molar-refractivity contribution is 5.78. The first kappa shape index (κ1) is 15.2. The molecular formula is C15H22N4O3. The van der Waals surface area contributed by atoms with E-state index in [1.54, 1.807) is 18.5 Å². The first-order chi connectivity index (χ1) is 10.8. The molecule has 2 atom stereocenters. The summed E-state index contributed by atoms with van der Waals surface area (Å²) in [5.41, 5.74) is 2.56. The van der Waals surface area contributed by atoms with E-state index in [2.05, 4.69) is 15.4 Å². The average Bonchev–Trinajstić information content (AvgIpc) is 2.61. The number of ether oxygens (including phenoxy) is 1. The van der Waals surface area contributed by atoms with Gasteiger partial charge in [0.2, 0.25) is 11.9 Å². The van der Waals surface area contributed by atoms with Gasteiger partial charge in [0.1, 0.15) is 0 Å². The van der Waals surface area contributed by atoms with Gasteiger partial charge < -0.3 is 9.64 Å². The summed E-state index contributed by atoms with van der Waals surface area (Å²) >= 11 is 0. The van der Waals surface area contributed by atoms with Gasteiger partial charge in [0, 0.05) is 38.5 Å². The van der Waals surface area contributed by atoms with Gasteiger partial charge in [0.15, 0.2) is 6.29 Å². The summed E-state index contributed by atoms with van der Waals surface area (Å²) in [6, 6.07) is 1.79. The molecule has 1 aromatic rings. The van der Waals surface area contributed by atoms with Crippen molar-refractivity contribution in [2.24, 2.45) is 5.92 Å². The Morgan fingerprint density at radius 2 is 2.14 bits per heavy atom. The molecule has 2 saturated heterocycles. The number of hydroxylamine groups is 1. The second-order valence-corrected chi connectivity index (χ2v) is 5.71. The number of nitrogens with one attached hydrogen (secondary N) is 1. The maximum absolute atomic E-state index is 12.3. The highest BCUT2D eigenvalue weighted by Crippen LogP contribution is 2.20. The van der Waals surface area contributed by atoms with Gasteiger partial charge in [-0.15, -0.1) is 0 Å². The fourth-order valence-corrected chi connectivity index (χ4v) is 2.84. The van der Waals surface area contributed by atoms with Gasteiger partial charge in [-0.3, -0.25) is 4.79 Å². The SMILES string of the molecule is O=C(NO[C@@H]1CCCCO1)[C@@H]1CCCN(c2ncccn2)C1. The maximum atomic E-state index is 12.3. The Labute approximate surface area is 130 Å². The third-order valence-electron chi connectivity index (χ3n) is 4.06. The Morgan fingerprint density at radius 3 is 2.91 bits per heavy atom. The fraction of sp³-hybridized carbons (Fsp3) is 0.667. The van der Waals surface area contributed by atoms with Crippen LogP contribution in [0.1, 0.15) is 32.1 Å². The molecule has 3 rings (SSSR count). The van der Waals surface area contributed by atoms with Gasteiger partial charge in [-0.1, -0.05) is 0 Å². The molecule has 0 radical (unpaired) electrons. The van der Waals surface area contributed by atoms with Crippen LogP contribution in [0, 0.1) is 5.92 Å². The minimum absolute atomic E-state index is 0.0881. The smallest absolute Gasteiger partial charge is 0.248 e. The Balaban J connectivity index is 1.49. The molecule has 0 bridgehead atoms. The van der Waals surface area contributed by atoms with E-state index in [1.165, 1.54) is 0 Å². The number of nitrogens with zero attached hydrogens (tertiary/aromatic N) is 3. The van der Waals surface area contributed by atoms with Crippen molar-refractivity contribution >= 4 is 11.9 Å². The lowest BCUT2D eigenvalue weighted by molar-refractivity contribution is -0.202. The summed E-state index contributed by atoms with van der Waals surface area (Å²) in [6.07, 6.45) is 7.88. The number of anilines is 1. The molecule has 2 aliphatic rings. The van der Waals surface area contributed by atoms with E-state index in [0.29, 0.717) is 19.1 Å². The van der Waals surface area contributed by atoms with Crippen molar-refractivity contribution < 1.29 is 14.4 Å². The first-order valence-electron chi connectivity index (χ1n) is 7.92. The molecule has 7 nitrogen and oxygen atoms in total. The van der Waals surface area contributed by atoms with Crippen LogP contribution in [-0.2, 0) is 14.4 Å². The monoisotopic (exact) mass is 306 g/mol. The number of hydrogen-bond acceptors (Lipinski definition) is 6. The van der Waals surface area contributed by atoms with Crippen molar-refractivity contribution in [3.8, 4) is 0 Å². The molecule has 2 fully saturated rings. The van der Waals surface area contributed by atoms with Crippen LogP contribution in [0.5, 0.6) is 0 Å². The van der Waals surface area contributed by atoms with Gasteiger partial charge in [-0.05, 0) is 31.7 Å². The van der Waals surface area contributed by atoms with Gasteiger partial charge >= 0.3 is 0 Å². The molecule has 1 aromatic heterocycles. The molecule has 0 spiro atoms. The molecule has 120 valence electrons. The third-order valence-corrected chi connectivity index (χ3v) is 4.06. The van der Waals surface area contributed by atoms with Crippen LogP contribution < -0.4 is 10.4 Å². The van der Waals surface area contributed by atoms with Crippen molar-refractivity contribution in [1.29, 1.82) is 0 Å². The lowest BCUT2D eigenvalue weighted by Crippen LogP contribution is -2.45. The molecular weight excluding hydrogens is 284 g/mol. The predicted molar refractivity (Wildman–Crippen MR) is 79.8 cm³/mol. The van der Waals surface area contributed by atoms with Crippen LogP contribution in [0.25, 0.3) is 0 Å². The summed E-state index contributed by atoms with van der Waals surface area (Å²) in [5, 5.41) is 0. The lowest BCUT2D eigenvalue weighted by Gasteiger charge is -2.32. The molecule has 1 N–H and O–H groups in total. The van der Waals surface area contributed by atoms with Crippen LogP contribution in [0.3, 0.4) is 0 Å². The number of carbonyl (C=O) groups is 1. The highest BCUT2D eigenvalue weighted by atomic mass is 16.8. The number of carbonyl (C=O) groups excluding carboxylic acids is 1. The molecule has 0 aromatic carbocycles. The number of hydrogen-bond donors (Lipinski definition) is 1. The number of aromatic nitrogens is 2. The number of piperidine rings is 1. The van der Waals surface area contributed by atoms with Crippen molar-refractivity contribution in [1.82, 2.24) is 15.4 Å². The zero-order chi connectivity index (χ0) is 15.2. The number of rotatable bonds is 4. The zero-order valence-corrected chi connectivity index (χ0v) is 12.6. The normalized spacial score (nSPS) is 25.7. The number of amides is 1. The van der Waals surface area contributed by atoms with Crippen molar-refractivity contribution in [2.75, 3.05) is 24.6 Å². The van der Waals surface area contributed by atoms with E-state index in [9.17, 15) is 4.79 Å². The largest absolute Gasteiger partial charge is 0.350 e. The minimum atomic E-state index is -0.310. The third kappa shape index (κ3) is 3.92. The summed E-state index contributed by atoms with van der Waals surface area (Å²) in [5.74, 6) is 0.479. The first-order valence-corrected chi connectivity index (χ1v) is 7.92. The van der Waals surface area contributed by atoms with E-state index < -0.39 is 0 Å². The lowest BCUT2D eigenvalue weighted by atomic mass is 9.98. The summed E-state index contributed by atoms with van der Waals surface area (Å²) < 4.78 is 5.44. The molecule has 3 heterocycles. The topological polar surface area (TPSA) is 76.6 Å². The van der Waals surface area contributed by atoms with E-state index >= 15 is 0 Å². The Hall–Kier alpha value is -1.73. The minimum Gasteiger partial charge on any atom is -0.350 e. The second-order valence-electron chi connectivity index (χ2n) is 5.71. The zero-order valence-electron chi connectivity index (χ0n) is 12.6. The molecule has 7 heteroatoms. The Morgan fingerprint density at radius 1 is 1.27 bits per heavy atom. The summed E-state index contributed by atoms with van der Waals surface area (Å²) in [4.78, 5) is 28.2. The van der Waals surface area contributed by atoms with Crippen LogP contribution in [0.15, 0.2) is 18.5 Å². The van der Waals surface area contributed by atoms with Crippen LogP contribution in [-0.4, -0.2) is 41.9 Å². The Bertz CT molecular complexity index is 479. The molecule has 1 amide bonds. The maximum Gasteiger partial charge on any atom is 0.248 e. The quantitative estimate of drug-likeness (QED) is 0.844. The van der Waals surface area contributed by atoms with Gasteiger partial charge in [0.05, 0.1) is 5.92 Å². The molecule has 0 aliphatic carbocycles. The summed E-state index contributed by atoms with van der Waals surface area (Å²) in [7, 11) is 0. The van der Waals surface area contributed by atoms with Crippen LogP contribution >= 0.6 is 0 Å². The standard InChI is InChI=1S/C15H22N4O3/c20-14(18-22-13-6-1-2-10-21-13)12-5-3-9-19(11-12)15-16-7-4-8-17-15/h4,7-8,12-13H,1-3,5-6,9-11H2,(H,18,20)/t12-,13-/m1/s1. The van der Waals surface area contributed by atoms with Crippen LogP contribution in [0.2, 0.25) is 0 Å². The van der Waals surface area contributed by atoms with Crippen molar-refractivity contribution in [3.05, 3.63) is 18.5 Å². The van der Waals surface area contributed by atoms with Gasteiger partial charge in [-0.2, -0.15) is 0 Å². The fourth-order valence-electron chi connectivity index (χ4n) is 2.84. The molecule has 2 aliphatic heterocycles. The highest BCUT2D eigenvalue weighted by Gasteiger charge is 2.28. The Kier molecular flexibility index (Phi) is 5.18. The van der Waals surface area contributed by atoms with Crippen molar-refractivity contribution in [2.45, 2.75) is 38.4 Å². The molecule has 0 saturated carbocycles. The van der Waals surface area contributed by atoms with Gasteiger partial charge in [-0.25, -0.2) is 20.3 Å². The van der Waals surface area contributed by atoms with Crippen molar-refractivity contribution in [3.63, 3.8) is 0 Å². The summed E-state index contributed by atoms with van der Waals surface area (Å²) in [6.45, 7) is 2.19. The second kappa shape index (κ2) is 7.51. The van der Waals surface area contributed by atoms with E-state index in [1.807, 2.05) is 4.90 Å². The van der Waals surface area contributed by atoms with E-state index in [-0.39, 0.29) is 18.1 Å². The van der Waals surface area contributed by atoms with E-state index in [4.69, 9.17) is 9.57 Å². The van der Waals surface area contributed by atoms with Crippen LogP contribution in [0.4, 0.5) is 5.95 Å². The van der Waals surface area contributed by atoms with Gasteiger partial charge in [0.25, 0.3) is 0 Å². The average molecular weight is 306 g/mol. The molecule has 22 heavy (non-hydrogen) atoms. The molecule has 0 unspecified atom stereocenters. The predicted octanol–water partition coefficient (Wildman–Crippen LogP) is 1.27.